The average Bonchev–Trinajstić information content (AvgIpc) is 2.87. The van der Waals surface area contributed by atoms with Crippen LogP contribution in [-0.2, 0) is 9.59 Å². The van der Waals surface area contributed by atoms with Gasteiger partial charge < -0.3 is 10.6 Å². The Kier molecular flexibility index (Phi) is 6.13. The second-order valence-corrected chi connectivity index (χ2v) is 7.63. The number of amides is 6. The van der Waals surface area contributed by atoms with Crippen LogP contribution in [0.4, 0.5) is 9.59 Å². The Morgan fingerprint density at radius 3 is 2.59 bits per heavy atom. The van der Waals surface area contributed by atoms with E-state index in [-0.39, 0.29) is 5.91 Å². The summed E-state index contributed by atoms with van der Waals surface area (Å²) in [6.07, 6.45) is 11.6. The fourth-order valence-electron chi connectivity index (χ4n) is 4.14. The summed E-state index contributed by atoms with van der Waals surface area (Å²) in [7, 11) is 0. The van der Waals surface area contributed by atoms with Gasteiger partial charge >= 0.3 is 12.1 Å². The van der Waals surface area contributed by atoms with Gasteiger partial charge in [-0.15, -0.1) is 0 Å². The van der Waals surface area contributed by atoms with Crippen LogP contribution in [0.15, 0.2) is 11.6 Å². The van der Waals surface area contributed by atoms with Crippen molar-refractivity contribution in [2.75, 3.05) is 13.1 Å². The van der Waals surface area contributed by atoms with Crippen molar-refractivity contribution in [1.29, 1.82) is 0 Å². The van der Waals surface area contributed by atoms with E-state index in [2.05, 4.69) is 22.0 Å². The van der Waals surface area contributed by atoms with E-state index in [1.807, 2.05) is 0 Å². The number of carbonyl (C=O) groups is 4. The summed E-state index contributed by atoms with van der Waals surface area (Å²) in [5.41, 5.74) is 0.482. The SMILES string of the molecule is O=C(CN1C(=O)NC2(CCCCC2)C1=O)NC(=O)NCCC1=CCCCC1. The predicted molar refractivity (Wildman–Crippen MR) is 98.8 cm³/mol. The first kappa shape index (κ1) is 19.4. The van der Waals surface area contributed by atoms with Crippen molar-refractivity contribution in [2.45, 2.75) is 69.7 Å². The third-order valence-electron chi connectivity index (χ3n) is 5.62. The summed E-state index contributed by atoms with van der Waals surface area (Å²) in [4.78, 5) is 49.6. The smallest absolute Gasteiger partial charge is 0.325 e. The van der Waals surface area contributed by atoms with Crippen LogP contribution in [0.3, 0.4) is 0 Å². The first-order valence-corrected chi connectivity index (χ1v) is 9.90. The molecular weight excluding hydrogens is 348 g/mol. The van der Waals surface area contributed by atoms with Gasteiger partial charge in [0.15, 0.2) is 0 Å². The second-order valence-electron chi connectivity index (χ2n) is 7.63. The number of urea groups is 2. The Morgan fingerprint density at radius 2 is 1.89 bits per heavy atom. The summed E-state index contributed by atoms with van der Waals surface area (Å²) in [6.45, 7) is 0.0160. The summed E-state index contributed by atoms with van der Waals surface area (Å²) in [5.74, 6) is -1.02. The van der Waals surface area contributed by atoms with Gasteiger partial charge in [-0.1, -0.05) is 30.9 Å². The van der Waals surface area contributed by atoms with Gasteiger partial charge in [-0.05, 0) is 44.9 Å². The van der Waals surface area contributed by atoms with Crippen molar-refractivity contribution in [2.24, 2.45) is 0 Å². The zero-order chi connectivity index (χ0) is 19.3. The maximum atomic E-state index is 12.6. The minimum Gasteiger partial charge on any atom is -0.337 e. The number of nitrogens with one attached hydrogen (secondary N) is 3. The van der Waals surface area contributed by atoms with Crippen LogP contribution in [0.2, 0.25) is 0 Å². The lowest BCUT2D eigenvalue weighted by molar-refractivity contribution is -0.135. The minimum atomic E-state index is -0.856. The van der Waals surface area contributed by atoms with Crippen LogP contribution in [0.1, 0.15) is 64.2 Å². The Hall–Kier alpha value is -2.38. The predicted octanol–water partition coefficient (Wildman–Crippen LogP) is 1.96. The van der Waals surface area contributed by atoms with Gasteiger partial charge in [0, 0.05) is 6.54 Å². The molecule has 1 saturated carbocycles. The molecule has 0 aromatic carbocycles. The summed E-state index contributed by atoms with van der Waals surface area (Å²) in [5, 5.41) is 7.59. The molecule has 27 heavy (non-hydrogen) atoms. The Labute approximate surface area is 159 Å². The molecule has 1 spiro atoms. The van der Waals surface area contributed by atoms with E-state index in [1.165, 1.54) is 18.4 Å². The molecule has 148 valence electrons. The molecule has 1 aliphatic heterocycles. The number of nitrogens with zero attached hydrogens (tertiary/aromatic N) is 1. The van der Waals surface area contributed by atoms with E-state index in [4.69, 9.17) is 0 Å². The second kappa shape index (κ2) is 8.54. The number of hydrogen-bond donors (Lipinski definition) is 3. The van der Waals surface area contributed by atoms with Crippen LogP contribution in [0.25, 0.3) is 0 Å². The molecule has 0 aromatic rings. The summed E-state index contributed by atoms with van der Waals surface area (Å²) >= 11 is 0. The van der Waals surface area contributed by atoms with Crippen molar-refractivity contribution < 1.29 is 19.2 Å². The molecule has 0 aromatic heterocycles. The van der Waals surface area contributed by atoms with E-state index >= 15 is 0 Å². The van der Waals surface area contributed by atoms with Crippen molar-refractivity contribution in [1.82, 2.24) is 20.9 Å². The Bertz CT molecular complexity index is 652. The third-order valence-corrected chi connectivity index (χ3v) is 5.62. The lowest BCUT2D eigenvalue weighted by atomic mass is 9.82. The molecule has 6 amide bonds. The molecule has 0 radical (unpaired) electrons. The Morgan fingerprint density at radius 1 is 1.11 bits per heavy atom. The molecule has 3 rings (SSSR count). The maximum absolute atomic E-state index is 12.6. The van der Waals surface area contributed by atoms with Crippen molar-refractivity contribution >= 4 is 23.9 Å². The van der Waals surface area contributed by atoms with E-state index in [0.717, 1.165) is 43.4 Å². The Balaban J connectivity index is 1.43. The highest BCUT2D eigenvalue weighted by Crippen LogP contribution is 2.33. The molecule has 3 aliphatic rings. The molecule has 8 nitrogen and oxygen atoms in total. The topological polar surface area (TPSA) is 108 Å². The average molecular weight is 376 g/mol. The first-order valence-electron chi connectivity index (χ1n) is 9.90. The van der Waals surface area contributed by atoms with Gasteiger partial charge in [0.2, 0.25) is 5.91 Å². The molecule has 1 heterocycles. The molecule has 0 atom stereocenters. The van der Waals surface area contributed by atoms with E-state index in [1.54, 1.807) is 0 Å². The summed E-state index contributed by atoms with van der Waals surface area (Å²) < 4.78 is 0. The number of carbonyl (C=O) groups excluding carboxylic acids is 4. The van der Waals surface area contributed by atoms with Crippen LogP contribution in [-0.4, -0.2) is 47.4 Å². The normalized spacial score (nSPS) is 21.6. The van der Waals surface area contributed by atoms with Gasteiger partial charge in [0.05, 0.1) is 0 Å². The van der Waals surface area contributed by atoms with Crippen molar-refractivity contribution in [3.05, 3.63) is 11.6 Å². The summed E-state index contributed by atoms with van der Waals surface area (Å²) in [6, 6.07) is -1.16. The molecule has 2 fully saturated rings. The highest BCUT2D eigenvalue weighted by molar-refractivity contribution is 6.10. The molecule has 1 saturated heterocycles. The number of hydrogen-bond acceptors (Lipinski definition) is 4. The van der Waals surface area contributed by atoms with Crippen LogP contribution >= 0.6 is 0 Å². The van der Waals surface area contributed by atoms with E-state index in [9.17, 15) is 19.2 Å². The maximum Gasteiger partial charge on any atom is 0.325 e. The highest BCUT2D eigenvalue weighted by Gasteiger charge is 2.51. The van der Waals surface area contributed by atoms with Crippen molar-refractivity contribution in [3.8, 4) is 0 Å². The highest BCUT2D eigenvalue weighted by atomic mass is 16.2. The molecule has 0 unspecified atom stereocenters. The minimum absolute atomic E-state index is 0.355. The monoisotopic (exact) mass is 376 g/mol. The standard InChI is InChI=1S/C19H28N4O4/c24-15(21-17(26)20-12-9-14-7-3-1-4-8-14)13-23-16(25)19(22-18(23)27)10-5-2-6-11-19/h7H,1-6,8-13H2,(H,22,27)(H2,20,21,24,26). The zero-order valence-corrected chi connectivity index (χ0v) is 15.6. The molecule has 0 bridgehead atoms. The zero-order valence-electron chi connectivity index (χ0n) is 15.6. The van der Waals surface area contributed by atoms with Gasteiger partial charge in [0.1, 0.15) is 12.1 Å². The van der Waals surface area contributed by atoms with Crippen molar-refractivity contribution in [3.63, 3.8) is 0 Å². The quantitative estimate of drug-likeness (QED) is 0.503. The lowest BCUT2D eigenvalue weighted by Crippen LogP contribution is -2.49. The third kappa shape index (κ3) is 4.67. The van der Waals surface area contributed by atoms with Crippen LogP contribution in [0, 0.1) is 0 Å². The molecular formula is C19H28N4O4. The largest absolute Gasteiger partial charge is 0.337 e. The van der Waals surface area contributed by atoms with Crippen LogP contribution < -0.4 is 16.0 Å². The van der Waals surface area contributed by atoms with Gasteiger partial charge in [-0.3, -0.25) is 19.8 Å². The van der Waals surface area contributed by atoms with E-state index in [0.29, 0.717) is 19.4 Å². The number of imide groups is 2. The van der Waals surface area contributed by atoms with Gasteiger partial charge in [-0.2, -0.15) is 0 Å². The molecule has 8 heteroatoms. The fourth-order valence-corrected chi connectivity index (χ4v) is 4.14. The lowest BCUT2D eigenvalue weighted by Gasteiger charge is -2.30. The molecule has 3 N–H and O–H groups in total. The number of rotatable bonds is 5. The van der Waals surface area contributed by atoms with Gasteiger partial charge in [0.25, 0.3) is 5.91 Å². The number of allylic oxidation sites excluding steroid dienone is 1. The van der Waals surface area contributed by atoms with Gasteiger partial charge in [-0.25, -0.2) is 9.59 Å². The van der Waals surface area contributed by atoms with Crippen LogP contribution in [0.5, 0.6) is 0 Å². The first-order chi connectivity index (χ1) is 13.0. The fraction of sp³-hybridized carbons (Fsp3) is 0.684. The van der Waals surface area contributed by atoms with E-state index < -0.39 is 30.1 Å². The molecule has 2 aliphatic carbocycles.